The van der Waals surface area contributed by atoms with Crippen molar-refractivity contribution >= 4 is 17.7 Å². The van der Waals surface area contributed by atoms with Gasteiger partial charge >= 0.3 is 0 Å². The molecule has 1 aromatic rings. The van der Waals surface area contributed by atoms with E-state index in [4.69, 9.17) is 5.11 Å². The number of nitrogens with zero attached hydrogens (tertiary/aromatic N) is 4. The van der Waals surface area contributed by atoms with Crippen molar-refractivity contribution in [3.05, 3.63) is 19.0 Å². The molecule has 0 spiro atoms. The molecule has 1 N–H and O–H groups in total. The Balaban J connectivity index is 1.87. The third-order valence-electron chi connectivity index (χ3n) is 2.88. The Kier molecular flexibility index (Phi) is 4.98. The van der Waals surface area contributed by atoms with Crippen LogP contribution >= 0.6 is 11.8 Å². The second-order valence-electron chi connectivity index (χ2n) is 4.39. The molecule has 1 heterocycles. The predicted octanol–water partition coefficient (Wildman–Crippen LogP) is 0.712. The maximum absolute atomic E-state index is 12.0. The van der Waals surface area contributed by atoms with Crippen LogP contribution in [-0.2, 0) is 4.79 Å². The van der Waals surface area contributed by atoms with Crippen LogP contribution in [0, 0.1) is 0 Å². The first-order valence-electron chi connectivity index (χ1n) is 6.28. The molecule has 0 unspecified atom stereocenters. The van der Waals surface area contributed by atoms with Gasteiger partial charge in [0.05, 0.1) is 12.4 Å². The van der Waals surface area contributed by atoms with Gasteiger partial charge in [0.25, 0.3) is 0 Å². The molecule has 1 fully saturated rings. The molecule has 7 heteroatoms. The number of carbonyl (C=O) groups is 1. The predicted molar refractivity (Wildman–Crippen MR) is 72.9 cm³/mol. The average Bonchev–Trinajstić information content (AvgIpc) is 3.15. The molecule has 104 valence electrons. The molecule has 0 atom stereocenters. The molecule has 19 heavy (non-hydrogen) atoms. The van der Waals surface area contributed by atoms with E-state index in [9.17, 15) is 4.79 Å². The summed E-state index contributed by atoms with van der Waals surface area (Å²) in [4.78, 5) is 13.6. The third kappa shape index (κ3) is 3.81. The Morgan fingerprint density at radius 3 is 3.11 bits per heavy atom. The molecule has 1 aliphatic rings. The number of aromatic nitrogens is 3. The van der Waals surface area contributed by atoms with E-state index in [1.807, 2.05) is 4.57 Å². The van der Waals surface area contributed by atoms with Gasteiger partial charge in [-0.25, -0.2) is 0 Å². The van der Waals surface area contributed by atoms with Crippen LogP contribution < -0.4 is 0 Å². The number of carbonyl (C=O) groups excluding carboxylic acids is 1. The number of aliphatic hydroxyl groups is 1. The first-order chi connectivity index (χ1) is 9.26. The SMILES string of the molecule is C=CCN(CCO)C(=O)CSc1nncn1C1CC1. The lowest BCUT2D eigenvalue weighted by molar-refractivity contribution is -0.128. The topological polar surface area (TPSA) is 71.2 Å². The van der Waals surface area contributed by atoms with Gasteiger partial charge in [-0.15, -0.1) is 16.8 Å². The van der Waals surface area contributed by atoms with Gasteiger partial charge in [-0.1, -0.05) is 17.8 Å². The molecule has 0 bridgehead atoms. The highest BCUT2D eigenvalue weighted by Gasteiger charge is 2.26. The van der Waals surface area contributed by atoms with Crippen molar-refractivity contribution in [2.24, 2.45) is 0 Å². The van der Waals surface area contributed by atoms with Crippen LogP contribution in [0.15, 0.2) is 24.1 Å². The number of hydrogen-bond acceptors (Lipinski definition) is 5. The van der Waals surface area contributed by atoms with Crippen molar-refractivity contribution < 1.29 is 9.90 Å². The standard InChI is InChI=1S/C12H18N4O2S/c1-2-5-15(6-7-17)11(18)8-19-12-14-13-9-16(12)10-3-4-10/h2,9-10,17H,1,3-8H2. The van der Waals surface area contributed by atoms with Crippen molar-refractivity contribution in [3.63, 3.8) is 0 Å². The zero-order valence-electron chi connectivity index (χ0n) is 10.7. The van der Waals surface area contributed by atoms with Gasteiger partial charge in [-0.2, -0.15) is 0 Å². The van der Waals surface area contributed by atoms with Crippen LogP contribution in [0.5, 0.6) is 0 Å². The number of thioether (sulfide) groups is 1. The molecule has 1 aromatic heterocycles. The lowest BCUT2D eigenvalue weighted by Gasteiger charge is -2.19. The van der Waals surface area contributed by atoms with Gasteiger partial charge in [0.1, 0.15) is 6.33 Å². The fourth-order valence-electron chi connectivity index (χ4n) is 1.75. The molecule has 1 aliphatic carbocycles. The van der Waals surface area contributed by atoms with Crippen LogP contribution in [0.2, 0.25) is 0 Å². The zero-order valence-corrected chi connectivity index (χ0v) is 11.6. The smallest absolute Gasteiger partial charge is 0.233 e. The summed E-state index contributed by atoms with van der Waals surface area (Å²) in [7, 11) is 0. The van der Waals surface area contributed by atoms with Gasteiger partial charge in [-0.05, 0) is 12.8 Å². The summed E-state index contributed by atoms with van der Waals surface area (Å²) in [6.45, 7) is 4.36. The van der Waals surface area contributed by atoms with Crippen LogP contribution in [0.1, 0.15) is 18.9 Å². The molecular weight excluding hydrogens is 264 g/mol. The highest BCUT2D eigenvalue weighted by Crippen LogP contribution is 2.37. The summed E-state index contributed by atoms with van der Waals surface area (Å²) in [5, 5.41) is 17.6. The molecule has 2 rings (SSSR count). The van der Waals surface area contributed by atoms with Gasteiger partial charge in [-0.3, -0.25) is 4.79 Å². The van der Waals surface area contributed by atoms with Crippen LogP contribution in [0.3, 0.4) is 0 Å². The average molecular weight is 282 g/mol. The first-order valence-corrected chi connectivity index (χ1v) is 7.26. The Bertz CT molecular complexity index is 445. The van der Waals surface area contributed by atoms with Gasteiger partial charge in [0.15, 0.2) is 5.16 Å². The molecule has 0 saturated heterocycles. The summed E-state index contributed by atoms with van der Waals surface area (Å²) in [6, 6.07) is 0.509. The normalized spacial score (nSPS) is 14.4. The van der Waals surface area contributed by atoms with Crippen molar-refractivity contribution in [2.45, 2.75) is 24.0 Å². The number of aliphatic hydroxyl groups excluding tert-OH is 1. The quantitative estimate of drug-likeness (QED) is 0.562. The van der Waals surface area contributed by atoms with Crippen LogP contribution in [-0.4, -0.2) is 56.1 Å². The van der Waals surface area contributed by atoms with Crippen LogP contribution in [0.25, 0.3) is 0 Å². The van der Waals surface area contributed by atoms with E-state index >= 15 is 0 Å². The Hall–Kier alpha value is -1.34. The summed E-state index contributed by atoms with van der Waals surface area (Å²) < 4.78 is 2.03. The fourth-order valence-corrected chi connectivity index (χ4v) is 2.64. The van der Waals surface area contributed by atoms with Crippen molar-refractivity contribution in [2.75, 3.05) is 25.4 Å². The zero-order chi connectivity index (χ0) is 13.7. The monoisotopic (exact) mass is 282 g/mol. The highest BCUT2D eigenvalue weighted by atomic mass is 32.2. The largest absolute Gasteiger partial charge is 0.395 e. The molecule has 0 radical (unpaired) electrons. The van der Waals surface area contributed by atoms with Crippen molar-refractivity contribution in [1.82, 2.24) is 19.7 Å². The number of rotatable bonds is 8. The maximum atomic E-state index is 12.0. The van der Waals surface area contributed by atoms with E-state index < -0.39 is 0 Å². The minimum Gasteiger partial charge on any atom is -0.395 e. The van der Waals surface area contributed by atoms with Crippen molar-refractivity contribution in [1.29, 1.82) is 0 Å². The third-order valence-corrected chi connectivity index (χ3v) is 3.82. The molecule has 1 saturated carbocycles. The Morgan fingerprint density at radius 1 is 1.68 bits per heavy atom. The van der Waals surface area contributed by atoms with E-state index in [0.29, 0.717) is 24.9 Å². The lowest BCUT2D eigenvalue weighted by atomic mass is 10.4. The molecule has 1 amide bonds. The number of hydrogen-bond donors (Lipinski definition) is 1. The summed E-state index contributed by atoms with van der Waals surface area (Å²) in [5.41, 5.74) is 0. The number of amides is 1. The van der Waals surface area contributed by atoms with E-state index in [2.05, 4.69) is 16.8 Å². The summed E-state index contributed by atoms with van der Waals surface area (Å²) >= 11 is 1.39. The van der Waals surface area contributed by atoms with Gasteiger partial charge in [0, 0.05) is 19.1 Å². The van der Waals surface area contributed by atoms with E-state index in [1.54, 1.807) is 17.3 Å². The van der Waals surface area contributed by atoms with Crippen LogP contribution in [0.4, 0.5) is 0 Å². The lowest BCUT2D eigenvalue weighted by Crippen LogP contribution is -2.35. The van der Waals surface area contributed by atoms with E-state index in [1.165, 1.54) is 11.8 Å². The van der Waals surface area contributed by atoms with Crippen molar-refractivity contribution in [3.8, 4) is 0 Å². The first kappa shape index (κ1) is 14.1. The second-order valence-corrected chi connectivity index (χ2v) is 5.34. The molecule has 0 aromatic carbocycles. The van der Waals surface area contributed by atoms with E-state index in [0.717, 1.165) is 18.0 Å². The van der Waals surface area contributed by atoms with E-state index in [-0.39, 0.29) is 12.5 Å². The second kappa shape index (κ2) is 6.72. The molecule has 6 nitrogen and oxygen atoms in total. The fraction of sp³-hybridized carbons (Fsp3) is 0.583. The van der Waals surface area contributed by atoms with Gasteiger partial charge in [0.2, 0.25) is 5.91 Å². The minimum atomic E-state index is -0.0392. The summed E-state index contributed by atoms with van der Waals surface area (Å²) in [5.74, 6) is 0.281. The summed E-state index contributed by atoms with van der Waals surface area (Å²) in [6.07, 6.45) is 5.70. The molecular formula is C12H18N4O2S. The highest BCUT2D eigenvalue weighted by molar-refractivity contribution is 7.99. The Morgan fingerprint density at radius 2 is 2.47 bits per heavy atom. The van der Waals surface area contributed by atoms with Gasteiger partial charge < -0.3 is 14.6 Å². The Labute approximate surface area is 116 Å². The molecule has 0 aliphatic heterocycles. The maximum Gasteiger partial charge on any atom is 0.233 e. The minimum absolute atomic E-state index is 0.0238.